The van der Waals surface area contributed by atoms with E-state index >= 15 is 0 Å². The lowest BCUT2D eigenvalue weighted by Gasteiger charge is -2.12. The summed E-state index contributed by atoms with van der Waals surface area (Å²) in [5, 5.41) is 33.6. The molecule has 1 heterocycles. The van der Waals surface area contributed by atoms with E-state index in [0.29, 0.717) is 23.0 Å². The van der Waals surface area contributed by atoms with Gasteiger partial charge in [0.1, 0.15) is 21.3 Å². The van der Waals surface area contributed by atoms with Crippen LogP contribution in [0.3, 0.4) is 0 Å². The molecule has 0 radical (unpaired) electrons. The third-order valence-electron chi connectivity index (χ3n) is 4.90. The largest absolute Gasteiger partial charge is 0.505 e. The molecule has 12 nitrogen and oxygen atoms in total. The molecular formula is C21H14ClF2N5O7S2. The number of nitrogens with one attached hydrogen (secondary N) is 1. The highest BCUT2D eigenvalue weighted by Gasteiger charge is 2.19. The van der Waals surface area contributed by atoms with E-state index in [9.17, 15) is 26.9 Å². The monoisotopic (exact) mass is 585 g/mol. The fourth-order valence-corrected chi connectivity index (χ4v) is 4.60. The minimum Gasteiger partial charge on any atom is -0.505 e. The average molecular weight is 586 g/mol. The first-order valence-corrected chi connectivity index (χ1v) is 12.6. The van der Waals surface area contributed by atoms with Gasteiger partial charge in [-0.2, -0.15) is 27.2 Å². The van der Waals surface area contributed by atoms with E-state index in [1.54, 1.807) is 6.92 Å². The SMILES string of the molecule is Cc1ccc(/N=N/c2c(SOOO)cc3cc(Nc4nc(F)nc(F)c4Cl)ccc3c2O)c(S(=O)(=O)O)c1. The number of azo groups is 1. The Morgan fingerprint density at radius 3 is 2.58 bits per heavy atom. The molecule has 0 aliphatic heterocycles. The Balaban J connectivity index is 1.79. The number of phenolic OH excluding ortho intramolecular Hbond substituents is 1. The molecule has 0 amide bonds. The summed E-state index contributed by atoms with van der Waals surface area (Å²) >= 11 is 6.22. The summed E-state index contributed by atoms with van der Waals surface area (Å²) < 4.78 is 64.6. The molecule has 0 unspecified atom stereocenters. The molecule has 4 aromatic rings. The minimum absolute atomic E-state index is 0.0441. The molecule has 17 heteroatoms. The maximum atomic E-state index is 13.7. The molecule has 0 aliphatic rings. The number of rotatable bonds is 8. The van der Waals surface area contributed by atoms with E-state index in [1.807, 2.05) is 0 Å². The third-order valence-corrected chi connectivity index (χ3v) is 6.74. The van der Waals surface area contributed by atoms with Crippen molar-refractivity contribution in [2.45, 2.75) is 16.7 Å². The Labute approximate surface area is 221 Å². The van der Waals surface area contributed by atoms with Crippen molar-refractivity contribution in [2.24, 2.45) is 10.2 Å². The van der Waals surface area contributed by atoms with Gasteiger partial charge in [-0.15, -0.1) is 14.6 Å². The van der Waals surface area contributed by atoms with Crippen molar-refractivity contribution < 1.29 is 41.5 Å². The quantitative estimate of drug-likeness (QED) is 0.0342. The maximum Gasteiger partial charge on any atom is 0.313 e. The van der Waals surface area contributed by atoms with Crippen LogP contribution in [0, 0.1) is 18.9 Å². The Hall–Kier alpha value is -3.51. The zero-order chi connectivity index (χ0) is 27.6. The number of hydrogen-bond acceptors (Lipinski definition) is 12. The minimum atomic E-state index is -4.64. The van der Waals surface area contributed by atoms with Gasteiger partial charge in [0.15, 0.2) is 11.6 Å². The van der Waals surface area contributed by atoms with Gasteiger partial charge in [-0.1, -0.05) is 22.7 Å². The normalized spacial score (nSPS) is 11.9. The lowest BCUT2D eigenvalue weighted by molar-refractivity contribution is -0.432. The first-order chi connectivity index (χ1) is 18.0. The van der Waals surface area contributed by atoms with Crippen molar-refractivity contribution in [3.63, 3.8) is 0 Å². The van der Waals surface area contributed by atoms with Crippen LogP contribution in [0.25, 0.3) is 10.8 Å². The molecule has 0 bridgehead atoms. The summed E-state index contributed by atoms with van der Waals surface area (Å²) in [6.45, 7) is 1.61. The Morgan fingerprint density at radius 2 is 1.87 bits per heavy atom. The zero-order valence-electron chi connectivity index (χ0n) is 18.8. The summed E-state index contributed by atoms with van der Waals surface area (Å²) in [5.41, 5.74) is 0.380. The van der Waals surface area contributed by atoms with Gasteiger partial charge >= 0.3 is 6.08 Å². The number of aromatic hydroxyl groups is 1. The summed E-state index contributed by atoms with van der Waals surface area (Å²) in [6.07, 6.45) is -1.34. The molecule has 0 aliphatic carbocycles. The molecule has 4 N–H and O–H groups in total. The maximum absolute atomic E-state index is 13.7. The van der Waals surface area contributed by atoms with Crippen LogP contribution in [0.15, 0.2) is 62.5 Å². The van der Waals surface area contributed by atoms with Gasteiger partial charge in [-0.05, 0) is 54.3 Å². The highest BCUT2D eigenvalue weighted by Crippen LogP contribution is 2.45. The van der Waals surface area contributed by atoms with Crippen LogP contribution >= 0.6 is 23.6 Å². The number of hydrogen-bond donors (Lipinski definition) is 4. The van der Waals surface area contributed by atoms with E-state index in [2.05, 4.69) is 34.9 Å². The molecule has 3 aromatic carbocycles. The van der Waals surface area contributed by atoms with Crippen LogP contribution in [0.1, 0.15) is 5.56 Å². The Morgan fingerprint density at radius 1 is 1.11 bits per heavy atom. The second-order valence-corrected chi connectivity index (χ2v) is 9.96. The number of halogens is 3. The van der Waals surface area contributed by atoms with Crippen molar-refractivity contribution in [2.75, 3.05) is 5.32 Å². The third kappa shape index (κ3) is 5.97. The number of benzene rings is 3. The van der Waals surface area contributed by atoms with E-state index in [0.717, 1.165) is 0 Å². The lowest BCUT2D eigenvalue weighted by atomic mass is 10.1. The number of phenols is 1. The fourth-order valence-electron chi connectivity index (χ4n) is 3.27. The Bertz CT molecular complexity index is 1690. The van der Waals surface area contributed by atoms with Gasteiger partial charge in [0.25, 0.3) is 10.1 Å². The second kappa shape index (κ2) is 11.1. The predicted octanol–water partition coefficient (Wildman–Crippen LogP) is 6.41. The molecular weight excluding hydrogens is 572 g/mol. The first-order valence-electron chi connectivity index (χ1n) is 10.1. The first kappa shape index (κ1) is 27.5. The van der Waals surface area contributed by atoms with Crippen molar-refractivity contribution >= 4 is 67.4 Å². The molecule has 198 valence electrons. The van der Waals surface area contributed by atoms with Gasteiger partial charge in [0.05, 0.1) is 16.9 Å². The van der Waals surface area contributed by atoms with E-state index in [-0.39, 0.29) is 33.2 Å². The Kier molecular flexibility index (Phi) is 8.02. The molecule has 1 aromatic heterocycles. The van der Waals surface area contributed by atoms with Gasteiger partial charge < -0.3 is 10.4 Å². The van der Waals surface area contributed by atoms with Gasteiger partial charge in [-0.25, -0.2) is 5.26 Å². The van der Waals surface area contributed by atoms with Crippen molar-refractivity contribution in [3.8, 4) is 5.75 Å². The smallest absolute Gasteiger partial charge is 0.313 e. The fraction of sp³-hybridized carbons (Fsp3) is 0.0476. The molecule has 0 saturated heterocycles. The van der Waals surface area contributed by atoms with Crippen LogP contribution in [0.4, 0.5) is 31.7 Å². The number of nitrogens with zero attached hydrogens (tertiary/aromatic N) is 4. The highest BCUT2D eigenvalue weighted by atomic mass is 35.5. The number of aromatic nitrogens is 2. The van der Waals surface area contributed by atoms with Crippen LogP contribution in [0.2, 0.25) is 5.02 Å². The van der Waals surface area contributed by atoms with Gasteiger partial charge in [0, 0.05) is 11.1 Å². The summed E-state index contributed by atoms with van der Waals surface area (Å²) in [4.78, 5) is 5.84. The second-order valence-electron chi connectivity index (χ2n) is 7.45. The zero-order valence-corrected chi connectivity index (χ0v) is 21.1. The van der Waals surface area contributed by atoms with Gasteiger partial charge in [-0.3, -0.25) is 4.55 Å². The van der Waals surface area contributed by atoms with Crippen LogP contribution in [0.5, 0.6) is 5.75 Å². The number of fused-ring (bicyclic) bond motifs is 1. The molecule has 38 heavy (non-hydrogen) atoms. The number of aryl methyl sites for hydroxylation is 1. The topological polar surface area (TPSA) is 176 Å². The van der Waals surface area contributed by atoms with Gasteiger partial charge in [0.2, 0.25) is 5.95 Å². The average Bonchev–Trinajstić information content (AvgIpc) is 2.85. The molecule has 0 atom stereocenters. The van der Waals surface area contributed by atoms with Crippen molar-refractivity contribution in [1.29, 1.82) is 0 Å². The van der Waals surface area contributed by atoms with Crippen molar-refractivity contribution in [3.05, 3.63) is 65.1 Å². The standard InChI is InChI=1S/C21H14ClF2N5O7S2/c1-9-2-5-13(15(6-9)38(32,33)34)28-29-17-14(37-36-35-31)8-10-7-11(3-4-12(10)18(17)30)25-20-16(22)19(23)26-21(24)27-20/h2-8,30-31H,1H3,(H,25,26,27)(H,32,33,34)/b29-28+. The summed E-state index contributed by atoms with van der Waals surface area (Å²) in [7, 11) is -4.64. The lowest BCUT2D eigenvalue weighted by Crippen LogP contribution is -2.02. The predicted molar refractivity (Wildman–Crippen MR) is 132 cm³/mol. The summed E-state index contributed by atoms with van der Waals surface area (Å²) in [5.74, 6) is -2.04. The number of anilines is 2. The van der Waals surface area contributed by atoms with Crippen molar-refractivity contribution in [1.82, 2.24) is 9.97 Å². The van der Waals surface area contributed by atoms with Crippen LogP contribution in [-0.4, -0.2) is 33.3 Å². The molecule has 4 rings (SSSR count). The van der Waals surface area contributed by atoms with E-state index < -0.39 is 37.8 Å². The molecule has 0 saturated carbocycles. The van der Waals surface area contributed by atoms with Crippen LogP contribution < -0.4 is 5.32 Å². The molecule has 0 spiro atoms. The summed E-state index contributed by atoms with van der Waals surface area (Å²) in [6, 6.07) is 9.80. The molecule has 0 fully saturated rings. The van der Waals surface area contributed by atoms with E-state index in [1.165, 1.54) is 42.5 Å². The highest BCUT2D eigenvalue weighted by molar-refractivity contribution is 7.94. The van der Waals surface area contributed by atoms with E-state index in [4.69, 9.17) is 16.9 Å². The van der Waals surface area contributed by atoms with Crippen LogP contribution in [-0.2, 0) is 19.5 Å².